The van der Waals surface area contributed by atoms with Gasteiger partial charge in [-0.25, -0.2) is 9.18 Å². The number of amides is 2. The quantitative estimate of drug-likeness (QED) is 0.708. The summed E-state index contributed by atoms with van der Waals surface area (Å²) in [4.78, 5) is 14.4. The smallest absolute Gasteiger partial charge is 0.323 e. The lowest BCUT2D eigenvalue weighted by Gasteiger charge is -2.26. The van der Waals surface area contributed by atoms with Gasteiger partial charge in [0.25, 0.3) is 0 Å². The van der Waals surface area contributed by atoms with Crippen molar-refractivity contribution >= 4 is 17.4 Å². The van der Waals surface area contributed by atoms with Crippen molar-refractivity contribution in [1.29, 1.82) is 0 Å². The fourth-order valence-electron chi connectivity index (χ4n) is 2.92. The van der Waals surface area contributed by atoms with Crippen LogP contribution in [0.1, 0.15) is 12.0 Å². The van der Waals surface area contributed by atoms with Crippen LogP contribution < -0.4 is 15.4 Å². The van der Waals surface area contributed by atoms with Crippen molar-refractivity contribution < 1.29 is 18.7 Å². The zero-order valence-electron chi connectivity index (χ0n) is 16.0. The molecule has 150 valence electrons. The standard InChI is InChI=1S/C21H26FN3O3/c1-16-3-5-17(6-4-16)23-21(26)24-18-7-8-19(22)20(15-18)28-12-2-9-25-10-13-27-14-11-25/h3-8,15H,2,9-14H2,1H3,(H2,23,24,26). The van der Waals surface area contributed by atoms with Crippen molar-refractivity contribution in [3.63, 3.8) is 0 Å². The lowest BCUT2D eigenvalue weighted by Crippen LogP contribution is -2.37. The van der Waals surface area contributed by atoms with E-state index in [1.165, 1.54) is 18.2 Å². The minimum atomic E-state index is -0.448. The average Bonchev–Trinajstić information content (AvgIpc) is 2.70. The van der Waals surface area contributed by atoms with E-state index in [9.17, 15) is 9.18 Å². The van der Waals surface area contributed by atoms with E-state index >= 15 is 0 Å². The molecule has 0 spiro atoms. The summed E-state index contributed by atoms with van der Waals surface area (Å²) in [6.07, 6.45) is 0.797. The molecule has 0 aliphatic carbocycles. The predicted octanol–water partition coefficient (Wildman–Crippen LogP) is 3.88. The molecule has 1 aliphatic heterocycles. The van der Waals surface area contributed by atoms with E-state index in [4.69, 9.17) is 9.47 Å². The normalized spacial score (nSPS) is 14.5. The number of urea groups is 1. The van der Waals surface area contributed by atoms with Crippen LogP contribution in [0.25, 0.3) is 0 Å². The third-order valence-electron chi connectivity index (χ3n) is 4.48. The molecule has 7 heteroatoms. The molecule has 1 saturated heterocycles. The maximum atomic E-state index is 14.0. The van der Waals surface area contributed by atoms with Crippen LogP contribution in [-0.4, -0.2) is 50.4 Å². The van der Waals surface area contributed by atoms with Gasteiger partial charge in [0.2, 0.25) is 0 Å². The summed E-state index contributed by atoms with van der Waals surface area (Å²) in [5.41, 5.74) is 2.26. The Morgan fingerprint density at radius 3 is 2.54 bits per heavy atom. The molecule has 6 nitrogen and oxygen atoms in total. The highest BCUT2D eigenvalue weighted by atomic mass is 19.1. The second-order valence-corrected chi connectivity index (χ2v) is 6.75. The lowest BCUT2D eigenvalue weighted by atomic mass is 10.2. The third kappa shape index (κ3) is 6.21. The first-order valence-corrected chi connectivity index (χ1v) is 9.47. The van der Waals surface area contributed by atoms with Crippen LogP contribution in [0, 0.1) is 12.7 Å². The number of aryl methyl sites for hydroxylation is 1. The van der Waals surface area contributed by atoms with Gasteiger partial charge in [0.1, 0.15) is 0 Å². The number of carbonyl (C=O) groups is 1. The average molecular weight is 387 g/mol. The summed E-state index contributed by atoms with van der Waals surface area (Å²) in [5.74, 6) is -0.314. The largest absolute Gasteiger partial charge is 0.490 e. The predicted molar refractivity (Wildman–Crippen MR) is 108 cm³/mol. The Morgan fingerprint density at radius 1 is 1.11 bits per heavy atom. The molecule has 2 aromatic rings. The number of nitrogens with zero attached hydrogens (tertiary/aromatic N) is 1. The second kappa shape index (κ2) is 10.1. The monoisotopic (exact) mass is 387 g/mol. The molecule has 0 atom stereocenters. The minimum Gasteiger partial charge on any atom is -0.490 e. The Hall–Kier alpha value is -2.64. The van der Waals surface area contributed by atoms with E-state index in [1.54, 1.807) is 0 Å². The zero-order chi connectivity index (χ0) is 19.8. The number of benzene rings is 2. The van der Waals surface area contributed by atoms with Gasteiger partial charge in [0.15, 0.2) is 11.6 Å². The fourth-order valence-corrected chi connectivity index (χ4v) is 2.92. The summed E-state index contributed by atoms with van der Waals surface area (Å²) in [5, 5.41) is 5.44. The topological polar surface area (TPSA) is 62.8 Å². The number of anilines is 2. The van der Waals surface area contributed by atoms with Gasteiger partial charge >= 0.3 is 6.03 Å². The molecule has 0 unspecified atom stereocenters. The number of morpholine rings is 1. The maximum Gasteiger partial charge on any atom is 0.323 e. The lowest BCUT2D eigenvalue weighted by molar-refractivity contribution is 0.0357. The van der Waals surface area contributed by atoms with Crippen molar-refractivity contribution in [3.05, 3.63) is 53.8 Å². The number of halogens is 1. The van der Waals surface area contributed by atoms with E-state index in [1.807, 2.05) is 31.2 Å². The number of hydrogen-bond donors (Lipinski definition) is 2. The van der Waals surface area contributed by atoms with E-state index in [0.717, 1.165) is 44.8 Å². The minimum absolute atomic E-state index is 0.134. The Kier molecular flexibility index (Phi) is 7.22. The molecule has 2 aromatic carbocycles. The first-order valence-electron chi connectivity index (χ1n) is 9.47. The Labute approximate surface area is 164 Å². The number of hydrogen-bond acceptors (Lipinski definition) is 4. The van der Waals surface area contributed by atoms with Crippen LogP contribution in [0.15, 0.2) is 42.5 Å². The van der Waals surface area contributed by atoms with Gasteiger partial charge in [0.05, 0.1) is 19.8 Å². The highest BCUT2D eigenvalue weighted by Gasteiger charge is 2.11. The molecule has 2 amide bonds. The maximum absolute atomic E-state index is 14.0. The van der Waals surface area contributed by atoms with Gasteiger partial charge in [-0.1, -0.05) is 17.7 Å². The van der Waals surface area contributed by atoms with Crippen LogP contribution >= 0.6 is 0 Å². The SMILES string of the molecule is Cc1ccc(NC(=O)Nc2ccc(F)c(OCCCN3CCOCC3)c2)cc1. The molecule has 0 saturated carbocycles. The van der Waals surface area contributed by atoms with E-state index in [-0.39, 0.29) is 5.75 Å². The van der Waals surface area contributed by atoms with E-state index < -0.39 is 11.8 Å². The van der Waals surface area contributed by atoms with Crippen molar-refractivity contribution in [3.8, 4) is 5.75 Å². The first kappa shape index (κ1) is 20.1. The third-order valence-corrected chi connectivity index (χ3v) is 4.48. The van der Waals surface area contributed by atoms with Crippen molar-refractivity contribution in [2.45, 2.75) is 13.3 Å². The molecule has 2 N–H and O–H groups in total. The molecular formula is C21H26FN3O3. The Balaban J connectivity index is 1.47. The number of ether oxygens (including phenoxy) is 2. The first-order chi connectivity index (χ1) is 13.6. The van der Waals surface area contributed by atoms with Gasteiger partial charge < -0.3 is 20.1 Å². The molecule has 0 aromatic heterocycles. The van der Waals surface area contributed by atoms with Crippen LogP contribution in [0.2, 0.25) is 0 Å². The van der Waals surface area contributed by atoms with Gasteiger partial charge in [-0.2, -0.15) is 0 Å². The summed E-state index contributed by atoms with van der Waals surface area (Å²) < 4.78 is 24.9. The number of nitrogens with one attached hydrogen (secondary N) is 2. The Morgan fingerprint density at radius 2 is 1.79 bits per heavy atom. The van der Waals surface area contributed by atoms with Crippen LogP contribution in [0.4, 0.5) is 20.6 Å². The van der Waals surface area contributed by atoms with E-state index in [0.29, 0.717) is 18.0 Å². The molecule has 3 rings (SSSR count). The summed E-state index contributed by atoms with van der Waals surface area (Å²) in [6, 6.07) is 11.4. The summed E-state index contributed by atoms with van der Waals surface area (Å²) >= 11 is 0. The van der Waals surface area contributed by atoms with Crippen LogP contribution in [0.5, 0.6) is 5.75 Å². The molecular weight excluding hydrogens is 361 g/mol. The van der Waals surface area contributed by atoms with Gasteiger partial charge in [-0.15, -0.1) is 0 Å². The Bertz CT molecular complexity index is 777. The summed E-state index contributed by atoms with van der Waals surface area (Å²) in [7, 11) is 0. The molecule has 1 aliphatic rings. The molecule has 1 heterocycles. The zero-order valence-corrected chi connectivity index (χ0v) is 16.0. The van der Waals surface area contributed by atoms with Gasteiger partial charge in [-0.3, -0.25) is 4.90 Å². The van der Waals surface area contributed by atoms with Crippen LogP contribution in [0.3, 0.4) is 0 Å². The van der Waals surface area contributed by atoms with Crippen molar-refractivity contribution in [2.24, 2.45) is 0 Å². The van der Waals surface area contributed by atoms with Gasteiger partial charge in [-0.05, 0) is 37.6 Å². The number of carbonyl (C=O) groups excluding carboxylic acids is 1. The molecule has 28 heavy (non-hydrogen) atoms. The molecule has 0 bridgehead atoms. The molecule has 0 radical (unpaired) electrons. The fraction of sp³-hybridized carbons (Fsp3) is 0.381. The number of rotatable bonds is 7. The summed E-state index contributed by atoms with van der Waals surface area (Å²) in [6.45, 7) is 6.63. The van der Waals surface area contributed by atoms with Crippen molar-refractivity contribution in [1.82, 2.24) is 4.90 Å². The highest BCUT2D eigenvalue weighted by Crippen LogP contribution is 2.22. The van der Waals surface area contributed by atoms with E-state index in [2.05, 4.69) is 15.5 Å². The van der Waals surface area contributed by atoms with Crippen molar-refractivity contribution in [2.75, 3.05) is 50.1 Å². The molecule has 1 fully saturated rings. The van der Waals surface area contributed by atoms with Gasteiger partial charge in [0, 0.05) is 37.1 Å². The van der Waals surface area contributed by atoms with Crippen LogP contribution in [-0.2, 0) is 4.74 Å². The second-order valence-electron chi connectivity index (χ2n) is 6.75. The highest BCUT2D eigenvalue weighted by molar-refractivity contribution is 5.99.